The van der Waals surface area contributed by atoms with Gasteiger partial charge in [-0.3, -0.25) is 5.32 Å². The molecule has 0 aliphatic carbocycles. The number of fused-ring (bicyclic) bond motifs is 1. The van der Waals surface area contributed by atoms with Crippen LogP contribution in [0.3, 0.4) is 0 Å². The first-order chi connectivity index (χ1) is 11.7. The van der Waals surface area contributed by atoms with E-state index < -0.39 is 30.0 Å². The third kappa shape index (κ3) is 4.01. The van der Waals surface area contributed by atoms with Gasteiger partial charge in [0.1, 0.15) is 5.82 Å². The van der Waals surface area contributed by atoms with Crippen LogP contribution in [-0.4, -0.2) is 36.0 Å². The van der Waals surface area contributed by atoms with Crippen molar-refractivity contribution >= 4 is 22.8 Å². The number of imidazole rings is 1. The molecule has 0 radical (unpaired) electrons. The minimum absolute atomic E-state index is 0.00739. The van der Waals surface area contributed by atoms with E-state index in [0.717, 1.165) is 16.7 Å². The van der Waals surface area contributed by atoms with Crippen molar-refractivity contribution in [3.8, 4) is 0 Å². The van der Waals surface area contributed by atoms with Gasteiger partial charge in [0.25, 0.3) is 0 Å². The van der Waals surface area contributed by atoms with Gasteiger partial charge in [0.15, 0.2) is 0 Å². The second-order valence-electron chi connectivity index (χ2n) is 5.27. The lowest BCUT2D eigenvalue weighted by atomic mass is 10.2. The number of hydrogen-bond acceptors (Lipinski definition) is 4. The maximum atomic E-state index is 14.1. The lowest BCUT2D eigenvalue weighted by molar-refractivity contribution is -0.147. The maximum absolute atomic E-state index is 14.1. The van der Waals surface area contributed by atoms with Gasteiger partial charge in [-0.15, -0.1) is 0 Å². The third-order valence-electron chi connectivity index (χ3n) is 3.39. The molecular formula is C15H17F4N3O3. The quantitative estimate of drug-likeness (QED) is 0.817. The molecule has 0 aliphatic rings. The highest BCUT2D eigenvalue weighted by atomic mass is 19.4. The summed E-state index contributed by atoms with van der Waals surface area (Å²) in [5, 5.41) is 2.16. The molecule has 0 bridgehead atoms. The molecule has 1 aromatic heterocycles. The summed E-state index contributed by atoms with van der Waals surface area (Å²) in [7, 11) is 1.36. The zero-order chi connectivity index (χ0) is 18.8. The van der Waals surface area contributed by atoms with Crippen LogP contribution < -0.4 is 5.32 Å². The fraction of sp³-hybridized carbons (Fsp3) is 0.467. The van der Waals surface area contributed by atoms with Crippen LogP contribution in [-0.2, 0) is 15.7 Å². The van der Waals surface area contributed by atoms with Crippen molar-refractivity contribution < 1.29 is 31.8 Å². The van der Waals surface area contributed by atoms with E-state index in [2.05, 4.69) is 15.0 Å². The van der Waals surface area contributed by atoms with Crippen molar-refractivity contribution in [2.45, 2.75) is 26.1 Å². The first kappa shape index (κ1) is 19.0. The molecule has 0 saturated heterocycles. The number of benzene rings is 1. The molecule has 1 amide bonds. The number of carbonyl (C=O) groups excluding carboxylic acids is 1. The number of ether oxygens (including phenoxy) is 2. The molecule has 0 saturated carbocycles. The van der Waals surface area contributed by atoms with Gasteiger partial charge in [0.05, 0.1) is 36.0 Å². The van der Waals surface area contributed by atoms with Crippen LogP contribution in [0.5, 0.6) is 0 Å². The predicted octanol–water partition coefficient (Wildman–Crippen LogP) is 3.97. The Balaban J connectivity index is 2.61. The first-order valence-corrected chi connectivity index (χ1v) is 7.40. The normalized spacial score (nSPS) is 13.1. The molecular weight excluding hydrogens is 346 g/mol. The molecule has 1 N–H and O–H groups in total. The lowest BCUT2D eigenvalue weighted by Crippen LogP contribution is -2.20. The number of halogens is 4. The standard InChI is InChI=1S/C15H17F4N3O3/c1-4-25-14(23)21-10-6-12-11(5-9(10)16)20-13(15(17,18)19)22(12)8(2)7-24-3/h5-6,8H,4,7H2,1-3H3,(H,21,23). The number of nitrogens with zero attached hydrogens (tertiary/aromatic N) is 2. The zero-order valence-corrected chi connectivity index (χ0v) is 13.8. The molecule has 0 aliphatic heterocycles. The molecule has 1 heterocycles. The summed E-state index contributed by atoms with van der Waals surface area (Å²) in [6, 6.07) is 1.21. The highest BCUT2D eigenvalue weighted by Gasteiger charge is 2.39. The first-order valence-electron chi connectivity index (χ1n) is 7.40. The summed E-state index contributed by atoms with van der Waals surface area (Å²) in [5.74, 6) is -2.09. The second kappa shape index (κ2) is 7.26. The van der Waals surface area contributed by atoms with E-state index in [1.54, 1.807) is 6.92 Å². The van der Waals surface area contributed by atoms with Crippen LogP contribution in [0.1, 0.15) is 25.7 Å². The van der Waals surface area contributed by atoms with Crippen LogP contribution in [0, 0.1) is 5.82 Å². The summed E-state index contributed by atoms with van der Waals surface area (Å²) in [5.41, 5.74) is -0.460. The Kier molecular flexibility index (Phi) is 5.51. The number of amides is 1. The van der Waals surface area contributed by atoms with E-state index in [1.807, 2.05) is 0 Å². The number of alkyl halides is 3. The number of rotatable bonds is 5. The molecule has 10 heteroatoms. The van der Waals surface area contributed by atoms with Crippen molar-refractivity contribution in [2.75, 3.05) is 25.6 Å². The van der Waals surface area contributed by atoms with E-state index >= 15 is 0 Å². The molecule has 0 spiro atoms. The van der Waals surface area contributed by atoms with Crippen molar-refractivity contribution in [2.24, 2.45) is 0 Å². The van der Waals surface area contributed by atoms with Crippen LogP contribution in [0.25, 0.3) is 11.0 Å². The zero-order valence-electron chi connectivity index (χ0n) is 13.8. The van der Waals surface area contributed by atoms with Crippen LogP contribution in [0.4, 0.5) is 28.0 Å². The van der Waals surface area contributed by atoms with Gasteiger partial charge in [0, 0.05) is 13.2 Å². The molecule has 25 heavy (non-hydrogen) atoms. The molecule has 2 rings (SSSR count). The molecule has 2 aromatic rings. The van der Waals surface area contributed by atoms with E-state index in [-0.39, 0.29) is 29.9 Å². The molecule has 1 aromatic carbocycles. The molecule has 1 atom stereocenters. The number of carbonyl (C=O) groups is 1. The number of nitrogens with one attached hydrogen (secondary N) is 1. The highest BCUT2D eigenvalue weighted by Crippen LogP contribution is 2.35. The van der Waals surface area contributed by atoms with Crippen molar-refractivity contribution in [1.29, 1.82) is 0 Å². The largest absolute Gasteiger partial charge is 0.450 e. The Morgan fingerprint density at radius 3 is 2.64 bits per heavy atom. The number of aromatic nitrogens is 2. The van der Waals surface area contributed by atoms with E-state index in [0.29, 0.717) is 0 Å². The molecule has 6 nitrogen and oxygen atoms in total. The summed E-state index contributed by atoms with van der Waals surface area (Å²) in [4.78, 5) is 15.0. The van der Waals surface area contributed by atoms with Gasteiger partial charge < -0.3 is 14.0 Å². The highest BCUT2D eigenvalue weighted by molar-refractivity contribution is 5.89. The number of methoxy groups -OCH3 is 1. The van der Waals surface area contributed by atoms with E-state index in [1.165, 1.54) is 14.0 Å². The fourth-order valence-electron chi connectivity index (χ4n) is 2.45. The molecule has 1 unspecified atom stereocenters. The third-order valence-corrected chi connectivity index (χ3v) is 3.39. The second-order valence-corrected chi connectivity index (χ2v) is 5.27. The predicted molar refractivity (Wildman–Crippen MR) is 81.9 cm³/mol. The maximum Gasteiger partial charge on any atom is 0.449 e. The smallest absolute Gasteiger partial charge is 0.449 e. The average molecular weight is 363 g/mol. The van der Waals surface area contributed by atoms with Crippen LogP contribution in [0.2, 0.25) is 0 Å². The Hall–Kier alpha value is -2.36. The average Bonchev–Trinajstić information content (AvgIpc) is 2.86. The Morgan fingerprint density at radius 1 is 1.40 bits per heavy atom. The van der Waals surface area contributed by atoms with E-state index in [4.69, 9.17) is 4.74 Å². The van der Waals surface area contributed by atoms with Crippen LogP contribution >= 0.6 is 0 Å². The van der Waals surface area contributed by atoms with Crippen molar-refractivity contribution in [3.05, 3.63) is 23.8 Å². The van der Waals surface area contributed by atoms with Gasteiger partial charge in [-0.1, -0.05) is 0 Å². The van der Waals surface area contributed by atoms with Crippen LogP contribution in [0.15, 0.2) is 12.1 Å². The van der Waals surface area contributed by atoms with Crippen molar-refractivity contribution in [1.82, 2.24) is 9.55 Å². The summed E-state index contributed by atoms with van der Waals surface area (Å²) in [6.45, 7) is 3.14. The summed E-state index contributed by atoms with van der Waals surface area (Å²) in [6.07, 6.45) is -5.64. The van der Waals surface area contributed by atoms with Gasteiger partial charge in [0.2, 0.25) is 5.82 Å². The van der Waals surface area contributed by atoms with Gasteiger partial charge in [-0.2, -0.15) is 13.2 Å². The molecule has 138 valence electrons. The Morgan fingerprint density at radius 2 is 2.08 bits per heavy atom. The minimum atomic E-state index is -4.73. The summed E-state index contributed by atoms with van der Waals surface area (Å²) >= 11 is 0. The van der Waals surface area contributed by atoms with E-state index in [9.17, 15) is 22.4 Å². The fourth-order valence-corrected chi connectivity index (χ4v) is 2.45. The number of hydrogen-bond donors (Lipinski definition) is 1. The van der Waals surface area contributed by atoms with Gasteiger partial charge in [-0.25, -0.2) is 14.2 Å². The Labute approximate surface area is 140 Å². The van der Waals surface area contributed by atoms with Gasteiger partial charge in [-0.05, 0) is 19.9 Å². The Bertz CT molecular complexity index is 773. The topological polar surface area (TPSA) is 65.4 Å². The molecule has 0 fully saturated rings. The number of anilines is 1. The summed E-state index contributed by atoms with van der Waals surface area (Å²) < 4.78 is 64.4. The van der Waals surface area contributed by atoms with Crippen molar-refractivity contribution in [3.63, 3.8) is 0 Å². The lowest BCUT2D eigenvalue weighted by Gasteiger charge is -2.18. The SMILES string of the molecule is CCOC(=O)Nc1cc2c(cc1F)nc(C(F)(F)F)n2C(C)COC. The minimum Gasteiger partial charge on any atom is -0.450 e. The van der Waals surface area contributed by atoms with Gasteiger partial charge >= 0.3 is 12.3 Å². The monoisotopic (exact) mass is 363 g/mol.